The molecule has 6 heteroatoms. The summed E-state index contributed by atoms with van der Waals surface area (Å²) in [6.07, 6.45) is 3.42. The van der Waals surface area contributed by atoms with Gasteiger partial charge in [-0.3, -0.25) is 10.1 Å². The lowest BCUT2D eigenvalue weighted by atomic mass is 10.0. The highest BCUT2D eigenvalue weighted by Gasteiger charge is 2.19. The van der Waals surface area contributed by atoms with Gasteiger partial charge in [0, 0.05) is 38.4 Å². The molecule has 4 rings (SSSR count). The molecule has 28 heavy (non-hydrogen) atoms. The summed E-state index contributed by atoms with van der Waals surface area (Å²) in [4.78, 5) is 17.9. The van der Waals surface area contributed by atoms with E-state index in [1.165, 1.54) is 0 Å². The number of nitro groups is 1. The van der Waals surface area contributed by atoms with Gasteiger partial charge in [0.25, 0.3) is 5.69 Å². The number of fused-ring (bicyclic) bond motifs is 1. The molecule has 5 nitrogen and oxygen atoms in total. The summed E-state index contributed by atoms with van der Waals surface area (Å²) < 4.78 is 0.945. The van der Waals surface area contributed by atoms with E-state index in [0.29, 0.717) is 11.3 Å². The van der Waals surface area contributed by atoms with E-state index in [-0.39, 0.29) is 10.6 Å². The average Bonchev–Trinajstić information content (AvgIpc) is 3.30. The van der Waals surface area contributed by atoms with Crippen molar-refractivity contribution in [3.63, 3.8) is 0 Å². The van der Waals surface area contributed by atoms with E-state index in [4.69, 9.17) is 0 Å². The molecule has 2 N–H and O–H groups in total. The third-order valence-electron chi connectivity index (χ3n) is 4.68. The normalized spacial score (nSPS) is 10.9. The first-order valence-electron chi connectivity index (χ1n) is 8.55. The van der Waals surface area contributed by atoms with Gasteiger partial charge in [-0.05, 0) is 42.0 Å². The molecular weight excluding hydrogens is 418 g/mol. The zero-order valence-corrected chi connectivity index (χ0v) is 16.4. The predicted molar refractivity (Wildman–Crippen MR) is 118 cm³/mol. The molecule has 2 aromatic heterocycles. The third kappa shape index (κ3) is 3.08. The Balaban J connectivity index is 1.85. The topological polar surface area (TPSA) is 74.7 Å². The lowest BCUT2D eigenvalue weighted by Gasteiger charge is -2.04. The highest BCUT2D eigenvalue weighted by atomic mass is 79.9. The van der Waals surface area contributed by atoms with Crippen molar-refractivity contribution in [3.05, 3.63) is 87.5 Å². The van der Waals surface area contributed by atoms with Crippen LogP contribution >= 0.6 is 15.9 Å². The summed E-state index contributed by atoms with van der Waals surface area (Å²) in [5.41, 5.74) is 5.44. The van der Waals surface area contributed by atoms with Gasteiger partial charge in [-0.2, -0.15) is 0 Å². The summed E-state index contributed by atoms with van der Waals surface area (Å²) >= 11 is 3.44. The first kappa shape index (κ1) is 18.0. The molecule has 2 heterocycles. The number of nitrogens with zero attached hydrogens (tertiary/aromatic N) is 1. The van der Waals surface area contributed by atoms with Crippen molar-refractivity contribution in [2.75, 3.05) is 0 Å². The van der Waals surface area contributed by atoms with Crippen LogP contribution in [0.3, 0.4) is 0 Å². The number of hydrogen-bond donors (Lipinski definition) is 2. The lowest BCUT2D eigenvalue weighted by molar-refractivity contribution is -0.384. The second-order valence-electron chi connectivity index (χ2n) is 6.36. The molecule has 2 aromatic carbocycles. The predicted octanol–water partition coefficient (Wildman–Crippen LogP) is 6.79. The fourth-order valence-corrected chi connectivity index (χ4v) is 3.66. The lowest BCUT2D eigenvalue weighted by Crippen LogP contribution is -1.93. The van der Waals surface area contributed by atoms with Crippen molar-refractivity contribution in [2.24, 2.45) is 0 Å². The maximum atomic E-state index is 11.8. The highest BCUT2D eigenvalue weighted by molar-refractivity contribution is 9.10. The largest absolute Gasteiger partial charge is 0.355 e. The highest BCUT2D eigenvalue weighted by Crippen LogP contribution is 2.36. The zero-order valence-electron chi connectivity index (χ0n) is 14.8. The Kier molecular flexibility index (Phi) is 4.49. The molecule has 0 unspecified atom stereocenters. The molecule has 0 aliphatic rings. The maximum Gasteiger partial charge on any atom is 0.279 e. The number of nitro benzene ring substituents is 1. The minimum atomic E-state index is -0.355. The van der Waals surface area contributed by atoms with E-state index in [0.717, 1.165) is 37.9 Å². The van der Waals surface area contributed by atoms with Crippen LogP contribution in [0, 0.1) is 10.1 Å². The smallest absolute Gasteiger partial charge is 0.279 e. The van der Waals surface area contributed by atoms with Gasteiger partial charge >= 0.3 is 0 Å². The monoisotopic (exact) mass is 433 g/mol. The first-order chi connectivity index (χ1) is 13.5. The second-order valence-corrected chi connectivity index (χ2v) is 7.28. The molecule has 0 saturated carbocycles. The number of halogens is 1. The number of hydrogen-bond acceptors (Lipinski definition) is 2. The minimum Gasteiger partial charge on any atom is -0.355 e. The SMILES string of the molecule is C=Cc1cc(-c2ccc(-c3cc4ccc(Br)cc4[nH]3)c([N+](=O)[O-])c2)[nH]c1C=C. The van der Waals surface area contributed by atoms with E-state index in [2.05, 4.69) is 39.1 Å². The van der Waals surface area contributed by atoms with Gasteiger partial charge in [0.2, 0.25) is 0 Å². The van der Waals surface area contributed by atoms with Gasteiger partial charge < -0.3 is 9.97 Å². The number of H-pyrrole nitrogens is 2. The second kappa shape index (κ2) is 6.98. The molecule has 0 bridgehead atoms. The number of benzene rings is 2. The maximum absolute atomic E-state index is 11.8. The Morgan fingerprint density at radius 1 is 0.964 bits per heavy atom. The molecule has 0 atom stereocenters. The minimum absolute atomic E-state index is 0.0398. The summed E-state index contributed by atoms with van der Waals surface area (Å²) in [6, 6.07) is 14.9. The molecule has 0 radical (unpaired) electrons. The summed E-state index contributed by atoms with van der Waals surface area (Å²) in [5, 5.41) is 12.8. The van der Waals surface area contributed by atoms with E-state index in [9.17, 15) is 10.1 Å². The molecule has 0 amide bonds. The van der Waals surface area contributed by atoms with Crippen molar-refractivity contribution in [3.8, 4) is 22.5 Å². The van der Waals surface area contributed by atoms with Crippen LogP contribution in [-0.4, -0.2) is 14.9 Å². The fourth-order valence-electron chi connectivity index (χ4n) is 3.30. The Morgan fingerprint density at radius 2 is 1.79 bits per heavy atom. The van der Waals surface area contributed by atoms with Crippen LogP contribution in [0.1, 0.15) is 11.3 Å². The van der Waals surface area contributed by atoms with Gasteiger partial charge in [0.15, 0.2) is 0 Å². The molecular formula is C22H16BrN3O2. The van der Waals surface area contributed by atoms with Crippen LogP contribution in [-0.2, 0) is 0 Å². The number of aromatic amines is 2. The van der Waals surface area contributed by atoms with E-state index in [1.807, 2.05) is 36.4 Å². The van der Waals surface area contributed by atoms with Crippen molar-refractivity contribution in [1.29, 1.82) is 0 Å². The van der Waals surface area contributed by atoms with E-state index >= 15 is 0 Å². The van der Waals surface area contributed by atoms with Crippen molar-refractivity contribution < 1.29 is 4.92 Å². The van der Waals surface area contributed by atoms with Crippen LogP contribution in [0.5, 0.6) is 0 Å². The average molecular weight is 434 g/mol. The molecule has 0 aliphatic heterocycles. The van der Waals surface area contributed by atoms with E-state index < -0.39 is 0 Å². The van der Waals surface area contributed by atoms with Gasteiger partial charge in [0.05, 0.1) is 16.2 Å². The first-order valence-corrected chi connectivity index (χ1v) is 9.35. The Morgan fingerprint density at radius 3 is 2.46 bits per heavy atom. The van der Waals surface area contributed by atoms with Crippen LogP contribution in [0.25, 0.3) is 45.6 Å². The van der Waals surface area contributed by atoms with Gasteiger partial charge in [-0.25, -0.2) is 0 Å². The zero-order chi connectivity index (χ0) is 19.8. The summed E-state index contributed by atoms with van der Waals surface area (Å²) in [6.45, 7) is 7.57. The van der Waals surface area contributed by atoms with Gasteiger partial charge in [0.1, 0.15) is 0 Å². The van der Waals surface area contributed by atoms with Crippen molar-refractivity contribution in [2.45, 2.75) is 0 Å². The quantitative estimate of drug-likeness (QED) is 0.268. The molecule has 0 aliphatic carbocycles. The number of aromatic nitrogens is 2. The van der Waals surface area contributed by atoms with Crippen molar-refractivity contribution in [1.82, 2.24) is 9.97 Å². The fraction of sp³-hybridized carbons (Fsp3) is 0. The molecule has 0 spiro atoms. The van der Waals surface area contributed by atoms with E-state index in [1.54, 1.807) is 24.3 Å². The number of rotatable bonds is 5. The molecule has 138 valence electrons. The third-order valence-corrected chi connectivity index (χ3v) is 5.18. The standard InChI is InChI=1S/C22H16BrN3O2/c1-3-13-9-19(24-18(13)4-2)15-6-8-17(22(11-15)26(27)28)21-10-14-5-7-16(23)12-20(14)25-21/h3-12,24-25H,1-2H2. The van der Waals surface area contributed by atoms with Crippen LogP contribution < -0.4 is 0 Å². The Bertz CT molecular complexity index is 1220. The van der Waals surface area contributed by atoms with Crippen LogP contribution in [0.2, 0.25) is 0 Å². The Hall–Kier alpha value is -3.38. The summed E-state index contributed by atoms with van der Waals surface area (Å²) in [7, 11) is 0. The van der Waals surface area contributed by atoms with Gasteiger partial charge in [-0.15, -0.1) is 0 Å². The van der Waals surface area contributed by atoms with Crippen molar-refractivity contribution >= 4 is 44.7 Å². The number of nitrogens with one attached hydrogen (secondary N) is 2. The molecule has 4 aromatic rings. The van der Waals surface area contributed by atoms with Gasteiger partial charge in [-0.1, -0.05) is 47.3 Å². The van der Waals surface area contributed by atoms with Crippen LogP contribution in [0.15, 0.2) is 66.2 Å². The molecule has 0 fully saturated rings. The molecule has 0 saturated heterocycles. The summed E-state index contributed by atoms with van der Waals surface area (Å²) in [5.74, 6) is 0. The Labute approximate surface area is 169 Å². The van der Waals surface area contributed by atoms with Crippen LogP contribution in [0.4, 0.5) is 5.69 Å².